The molecule has 0 aliphatic heterocycles. The lowest BCUT2D eigenvalue weighted by atomic mass is 10.2. The van der Waals surface area contributed by atoms with Gasteiger partial charge in [0.15, 0.2) is 0 Å². The first-order valence-corrected chi connectivity index (χ1v) is 3.20. The van der Waals surface area contributed by atoms with Gasteiger partial charge in [-0.2, -0.15) is 0 Å². The molecular weight excluding hydrogens is 124 g/mol. The molecular formula is C8H14N2. The molecule has 0 aliphatic carbocycles. The van der Waals surface area contributed by atoms with Crippen LogP contribution < -0.4 is 11.5 Å². The maximum absolute atomic E-state index is 5.59. The monoisotopic (exact) mass is 138 g/mol. The number of hydrogen-bond acceptors (Lipinski definition) is 2. The van der Waals surface area contributed by atoms with Gasteiger partial charge in [0.1, 0.15) is 0 Å². The van der Waals surface area contributed by atoms with Crippen LogP contribution in [0.1, 0.15) is 6.92 Å². The van der Waals surface area contributed by atoms with E-state index in [1.807, 2.05) is 13.0 Å². The Bertz CT molecular complexity index is 166. The number of nitrogens with two attached hydrogens (primary N) is 2. The Labute approximate surface area is 61.9 Å². The molecule has 0 aromatic carbocycles. The molecule has 0 aliphatic rings. The molecule has 2 heteroatoms. The molecule has 0 amide bonds. The Hall–Kier alpha value is -1.02. The van der Waals surface area contributed by atoms with Gasteiger partial charge < -0.3 is 11.5 Å². The summed E-state index contributed by atoms with van der Waals surface area (Å²) in [5, 5.41) is 0. The normalized spacial score (nSPS) is 13.4. The van der Waals surface area contributed by atoms with Gasteiger partial charge in [0.05, 0.1) is 0 Å². The zero-order valence-electron chi connectivity index (χ0n) is 6.30. The third kappa shape index (κ3) is 2.51. The van der Waals surface area contributed by atoms with E-state index in [9.17, 15) is 0 Å². The van der Waals surface area contributed by atoms with E-state index in [4.69, 9.17) is 11.5 Å². The molecule has 0 saturated carbocycles. The van der Waals surface area contributed by atoms with Crippen LogP contribution in [-0.4, -0.2) is 6.54 Å². The van der Waals surface area contributed by atoms with Gasteiger partial charge in [-0.3, -0.25) is 0 Å². The van der Waals surface area contributed by atoms with E-state index in [0.29, 0.717) is 12.2 Å². The molecule has 10 heavy (non-hydrogen) atoms. The summed E-state index contributed by atoms with van der Waals surface area (Å²) in [6.07, 6.45) is 5.28. The second-order valence-electron chi connectivity index (χ2n) is 1.88. The molecule has 0 bridgehead atoms. The minimum absolute atomic E-state index is 0.479. The van der Waals surface area contributed by atoms with Gasteiger partial charge in [-0.25, -0.2) is 0 Å². The van der Waals surface area contributed by atoms with Crippen LogP contribution in [0.25, 0.3) is 0 Å². The van der Waals surface area contributed by atoms with Crippen molar-refractivity contribution < 1.29 is 0 Å². The smallest absolute Gasteiger partial charge is 0.0356 e. The lowest BCUT2D eigenvalue weighted by molar-refractivity contribution is 1.12. The van der Waals surface area contributed by atoms with Crippen LogP contribution in [0, 0.1) is 0 Å². The van der Waals surface area contributed by atoms with Gasteiger partial charge in [-0.05, 0) is 18.6 Å². The molecule has 0 rings (SSSR count). The van der Waals surface area contributed by atoms with Crippen molar-refractivity contribution in [1.29, 1.82) is 0 Å². The standard InChI is InChI=1S/C8H14N2/c1-3-5-8(10)7(4-2)6-9/h3-5H,1,6,9-10H2,2H3/b7-4-,8-5+. The Morgan fingerprint density at radius 3 is 2.50 bits per heavy atom. The average molecular weight is 138 g/mol. The van der Waals surface area contributed by atoms with Crippen molar-refractivity contribution in [2.75, 3.05) is 6.54 Å². The summed E-state index contributed by atoms with van der Waals surface area (Å²) in [6, 6.07) is 0. The Balaban J connectivity index is 4.30. The first-order chi connectivity index (χ1) is 4.76. The maximum Gasteiger partial charge on any atom is 0.0356 e. The minimum Gasteiger partial charge on any atom is -0.398 e. The predicted molar refractivity (Wildman–Crippen MR) is 45.3 cm³/mol. The molecule has 0 atom stereocenters. The van der Waals surface area contributed by atoms with Crippen LogP contribution in [0.2, 0.25) is 0 Å². The quantitative estimate of drug-likeness (QED) is 0.570. The van der Waals surface area contributed by atoms with Crippen LogP contribution in [-0.2, 0) is 0 Å². The topological polar surface area (TPSA) is 52.0 Å². The zero-order chi connectivity index (χ0) is 7.98. The fraction of sp³-hybridized carbons (Fsp3) is 0.250. The van der Waals surface area contributed by atoms with E-state index < -0.39 is 0 Å². The van der Waals surface area contributed by atoms with Crippen molar-refractivity contribution >= 4 is 0 Å². The fourth-order valence-corrected chi connectivity index (χ4v) is 0.636. The summed E-state index contributed by atoms with van der Waals surface area (Å²) in [6.45, 7) is 5.91. The van der Waals surface area contributed by atoms with E-state index in [-0.39, 0.29) is 0 Å². The number of allylic oxidation sites excluding steroid dienone is 3. The second-order valence-corrected chi connectivity index (χ2v) is 1.88. The van der Waals surface area contributed by atoms with E-state index in [1.165, 1.54) is 0 Å². The van der Waals surface area contributed by atoms with Crippen molar-refractivity contribution in [3.63, 3.8) is 0 Å². The van der Waals surface area contributed by atoms with Gasteiger partial charge >= 0.3 is 0 Å². The highest BCUT2D eigenvalue weighted by Gasteiger charge is 1.93. The highest BCUT2D eigenvalue weighted by molar-refractivity contribution is 5.30. The Morgan fingerprint density at radius 1 is 1.60 bits per heavy atom. The Morgan fingerprint density at radius 2 is 2.20 bits per heavy atom. The fourth-order valence-electron chi connectivity index (χ4n) is 0.636. The van der Waals surface area contributed by atoms with Gasteiger partial charge in [0.2, 0.25) is 0 Å². The van der Waals surface area contributed by atoms with E-state index in [0.717, 1.165) is 5.57 Å². The largest absolute Gasteiger partial charge is 0.398 e. The number of rotatable bonds is 3. The minimum atomic E-state index is 0.479. The molecule has 4 N–H and O–H groups in total. The SMILES string of the molecule is C=C/C=C(N)\C(=C/C)CN. The lowest BCUT2D eigenvalue weighted by Crippen LogP contribution is -2.10. The van der Waals surface area contributed by atoms with Gasteiger partial charge in [-0.1, -0.05) is 18.7 Å². The highest BCUT2D eigenvalue weighted by Crippen LogP contribution is 2.00. The van der Waals surface area contributed by atoms with Crippen LogP contribution in [0.15, 0.2) is 36.1 Å². The van der Waals surface area contributed by atoms with Crippen LogP contribution in [0.4, 0.5) is 0 Å². The molecule has 56 valence electrons. The molecule has 0 spiro atoms. The van der Waals surface area contributed by atoms with Crippen molar-refractivity contribution in [3.05, 3.63) is 36.1 Å². The van der Waals surface area contributed by atoms with Crippen molar-refractivity contribution in [2.24, 2.45) is 11.5 Å². The molecule has 0 fully saturated rings. The first kappa shape index (κ1) is 8.98. The third-order valence-electron chi connectivity index (χ3n) is 1.24. The second kappa shape index (κ2) is 4.82. The van der Waals surface area contributed by atoms with E-state index in [1.54, 1.807) is 12.2 Å². The third-order valence-corrected chi connectivity index (χ3v) is 1.24. The van der Waals surface area contributed by atoms with Crippen LogP contribution in [0.3, 0.4) is 0 Å². The summed E-state index contributed by atoms with van der Waals surface area (Å²) in [5.41, 5.74) is 12.6. The molecule has 0 aromatic heterocycles. The number of hydrogen-bond donors (Lipinski definition) is 2. The van der Waals surface area contributed by atoms with E-state index >= 15 is 0 Å². The summed E-state index contributed by atoms with van der Waals surface area (Å²) in [4.78, 5) is 0. The molecule has 2 nitrogen and oxygen atoms in total. The molecule has 0 aromatic rings. The summed E-state index contributed by atoms with van der Waals surface area (Å²) >= 11 is 0. The van der Waals surface area contributed by atoms with Gasteiger partial charge in [0.25, 0.3) is 0 Å². The van der Waals surface area contributed by atoms with Crippen LogP contribution in [0.5, 0.6) is 0 Å². The molecule has 0 heterocycles. The highest BCUT2D eigenvalue weighted by atomic mass is 14.6. The Kier molecular flexibility index (Phi) is 4.33. The summed E-state index contributed by atoms with van der Waals surface area (Å²) in [5.74, 6) is 0. The molecule has 0 saturated heterocycles. The molecule has 0 unspecified atom stereocenters. The van der Waals surface area contributed by atoms with E-state index in [2.05, 4.69) is 6.58 Å². The predicted octanol–water partition coefficient (Wildman–Crippen LogP) is 0.920. The van der Waals surface area contributed by atoms with Crippen molar-refractivity contribution in [3.8, 4) is 0 Å². The van der Waals surface area contributed by atoms with Gasteiger partial charge in [-0.15, -0.1) is 0 Å². The molecule has 0 radical (unpaired) electrons. The first-order valence-electron chi connectivity index (χ1n) is 3.20. The lowest BCUT2D eigenvalue weighted by Gasteiger charge is -2.01. The maximum atomic E-state index is 5.59. The van der Waals surface area contributed by atoms with Crippen LogP contribution >= 0.6 is 0 Å². The van der Waals surface area contributed by atoms with Crippen molar-refractivity contribution in [2.45, 2.75) is 6.92 Å². The van der Waals surface area contributed by atoms with Crippen molar-refractivity contribution in [1.82, 2.24) is 0 Å². The summed E-state index contributed by atoms with van der Waals surface area (Å²) < 4.78 is 0. The zero-order valence-corrected chi connectivity index (χ0v) is 6.30. The van der Waals surface area contributed by atoms with Gasteiger partial charge in [0, 0.05) is 12.2 Å². The average Bonchev–Trinajstić information content (AvgIpc) is 1.91. The summed E-state index contributed by atoms with van der Waals surface area (Å²) in [7, 11) is 0.